The van der Waals surface area contributed by atoms with E-state index in [4.69, 9.17) is 9.47 Å². The number of hydrogen-bond donors (Lipinski definition) is 0. The van der Waals surface area contributed by atoms with E-state index in [9.17, 15) is 0 Å². The predicted molar refractivity (Wildman–Crippen MR) is 44.3 cm³/mol. The Balaban J connectivity index is 2.43. The van der Waals surface area contributed by atoms with E-state index in [-0.39, 0.29) is 12.4 Å². The predicted octanol–water partition coefficient (Wildman–Crippen LogP) is 2.10. The van der Waals surface area contributed by atoms with Crippen molar-refractivity contribution < 1.29 is 9.47 Å². The molecular weight excluding hydrogens is 140 g/mol. The van der Waals surface area contributed by atoms with Gasteiger partial charge >= 0.3 is 0 Å². The van der Waals surface area contributed by atoms with Gasteiger partial charge in [-0.1, -0.05) is 13.0 Å². The first-order valence-corrected chi connectivity index (χ1v) is 4.17. The Morgan fingerprint density at radius 2 is 2.36 bits per heavy atom. The van der Waals surface area contributed by atoms with Gasteiger partial charge in [0.05, 0.1) is 12.7 Å². The summed E-state index contributed by atoms with van der Waals surface area (Å²) in [6, 6.07) is 0. The molecule has 0 unspecified atom stereocenters. The summed E-state index contributed by atoms with van der Waals surface area (Å²) in [5.74, 6) is 0. The highest BCUT2D eigenvalue weighted by Crippen LogP contribution is 2.17. The highest BCUT2D eigenvalue weighted by atomic mass is 16.7. The van der Waals surface area contributed by atoms with Gasteiger partial charge < -0.3 is 9.47 Å². The third kappa shape index (κ3) is 2.31. The lowest BCUT2D eigenvalue weighted by atomic mass is 10.2. The van der Waals surface area contributed by atoms with Crippen LogP contribution in [0.5, 0.6) is 0 Å². The highest BCUT2D eigenvalue weighted by Gasteiger charge is 2.22. The van der Waals surface area contributed by atoms with Gasteiger partial charge in [0.1, 0.15) is 0 Å². The van der Waals surface area contributed by atoms with Gasteiger partial charge in [-0.25, -0.2) is 0 Å². The average molecular weight is 156 g/mol. The second kappa shape index (κ2) is 3.88. The van der Waals surface area contributed by atoms with Gasteiger partial charge in [-0.15, -0.1) is 0 Å². The minimum atomic E-state index is -0.0788. The summed E-state index contributed by atoms with van der Waals surface area (Å²) >= 11 is 0. The average Bonchev–Trinajstić information content (AvgIpc) is 2.36. The fourth-order valence-corrected chi connectivity index (χ4v) is 1.17. The Kier molecular flexibility index (Phi) is 3.09. The Labute approximate surface area is 68.2 Å². The number of allylic oxidation sites excluding steroid dienone is 1. The highest BCUT2D eigenvalue weighted by molar-refractivity contribution is 5.02. The molecule has 0 radical (unpaired) electrons. The lowest BCUT2D eigenvalue weighted by Crippen LogP contribution is -2.10. The first kappa shape index (κ1) is 8.75. The van der Waals surface area contributed by atoms with Crippen molar-refractivity contribution in [2.45, 2.75) is 39.6 Å². The smallest absolute Gasteiger partial charge is 0.180 e. The maximum atomic E-state index is 5.49. The van der Waals surface area contributed by atoms with Crippen molar-refractivity contribution >= 4 is 0 Å². The maximum absolute atomic E-state index is 5.49. The van der Waals surface area contributed by atoms with Crippen molar-refractivity contribution in [3.63, 3.8) is 0 Å². The van der Waals surface area contributed by atoms with Gasteiger partial charge in [0, 0.05) is 0 Å². The molecule has 1 saturated heterocycles. The van der Waals surface area contributed by atoms with Crippen LogP contribution in [-0.2, 0) is 9.47 Å². The monoisotopic (exact) mass is 156 g/mol. The van der Waals surface area contributed by atoms with Crippen LogP contribution in [-0.4, -0.2) is 19.0 Å². The summed E-state index contributed by atoms with van der Waals surface area (Å²) in [5.41, 5.74) is 1.19. The van der Waals surface area contributed by atoms with Gasteiger partial charge in [0.25, 0.3) is 0 Å². The van der Waals surface area contributed by atoms with E-state index in [1.54, 1.807) is 0 Å². The molecule has 2 nitrogen and oxygen atoms in total. The Morgan fingerprint density at radius 1 is 1.64 bits per heavy atom. The zero-order chi connectivity index (χ0) is 8.27. The van der Waals surface area contributed by atoms with E-state index in [2.05, 4.69) is 13.0 Å². The fraction of sp³-hybridized carbons (Fsp3) is 0.778. The third-order valence-corrected chi connectivity index (χ3v) is 1.74. The molecule has 0 aromatic heterocycles. The van der Waals surface area contributed by atoms with E-state index in [1.165, 1.54) is 5.57 Å². The molecule has 0 saturated carbocycles. The first-order chi connectivity index (χ1) is 5.24. The van der Waals surface area contributed by atoms with Gasteiger partial charge in [-0.05, 0) is 25.8 Å². The molecule has 1 fully saturated rings. The number of rotatable bonds is 2. The Morgan fingerprint density at radius 3 is 2.82 bits per heavy atom. The summed E-state index contributed by atoms with van der Waals surface area (Å²) in [7, 11) is 0. The van der Waals surface area contributed by atoms with E-state index in [1.807, 2.05) is 13.8 Å². The topological polar surface area (TPSA) is 18.5 Å². The molecule has 0 spiro atoms. The first-order valence-electron chi connectivity index (χ1n) is 4.17. The molecule has 0 aliphatic carbocycles. The van der Waals surface area contributed by atoms with Crippen LogP contribution in [0.3, 0.4) is 0 Å². The minimum Gasteiger partial charge on any atom is -0.346 e. The summed E-state index contributed by atoms with van der Waals surface area (Å²) in [5, 5.41) is 0. The van der Waals surface area contributed by atoms with Crippen LogP contribution in [0.25, 0.3) is 0 Å². The number of ether oxygens (including phenoxy) is 2. The number of hydrogen-bond acceptors (Lipinski definition) is 2. The molecular formula is C9H16O2. The zero-order valence-electron chi connectivity index (χ0n) is 7.46. The molecule has 2 atom stereocenters. The van der Waals surface area contributed by atoms with Crippen molar-refractivity contribution in [1.82, 2.24) is 0 Å². The van der Waals surface area contributed by atoms with Crippen LogP contribution >= 0.6 is 0 Å². The summed E-state index contributed by atoms with van der Waals surface area (Å²) in [6.07, 6.45) is 3.36. The standard InChI is InChI=1S/C9H16O2/c1-4-5-7(2)9-10-6-8(3)11-9/h5,8-9H,4,6H2,1-3H3/b7-5-/t8-,9+/m0/s1. The van der Waals surface area contributed by atoms with Crippen molar-refractivity contribution in [3.05, 3.63) is 11.6 Å². The van der Waals surface area contributed by atoms with Crippen LogP contribution in [0, 0.1) is 0 Å². The second-order valence-electron chi connectivity index (χ2n) is 2.97. The summed E-state index contributed by atoms with van der Waals surface area (Å²) in [4.78, 5) is 0. The quantitative estimate of drug-likeness (QED) is 0.570. The van der Waals surface area contributed by atoms with Gasteiger partial charge in [0.15, 0.2) is 6.29 Å². The molecule has 1 aliphatic heterocycles. The minimum absolute atomic E-state index is 0.0788. The molecule has 11 heavy (non-hydrogen) atoms. The Hall–Kier alpha value is -0.340. The van der Waals surface area contributed by atoms with Crippen molar-refractivity contribution in [1.29, 1.82) is 0 Å². The molecule has 1 aliphatic rings. The van der Waals surface area contributed by atoms with Crippen LogP contribution in [0.15, 0.2) is 11.6 Å². The normalized spacial score (nSPS) is 32.8. The van der Waals surface area contributed by atoms with Crippen LogP contribution in [0.2, 0.25) is 0 Å². The van der Waals surface area contributed by atoms with Gasteiger partial charge in [0.2, 0.25) is 0 Å². The van der Waals surface area contributed by atoms with Crippen molar-refractivity contribution in [2.24, 2.45) is 0 Å². The fourth-order valence-electron chi connectivity index (χ4n) is 1.17. The largest absolute Gasteiger partial charge is 0.346 e. The van der Waals surface area contributed by atoms with E-state index in [0.717, 1.165) is 13.0 Å². The van der Waals surface area contributed by atoms with Crippen LogP contribution in [0.4, 0.5) is 0 Å². The summed E-state index contributed by atoms with van der Waals surface area (Å²) < 4.78 is 10.9. The van der Waals surface area contributed by atoms with Crippen LogP contribution < -0.4 is 0 Å². The molecule has 0 aromatic rings. The SMILES string of the molecule is CC/C=C(/C)[C@@H]1OC[C@H](C)O1. The summed E-state index contributed by atoms with van der Waals surface area (Å²) in [6.45, 7) is 6.91. The van der Waals surface area contributed by atoms with Crippen molar-refractivity contribution in [3.8, 4) is 0 Å². The van der Waals surface area contributed by atoms with E-state index < -0.39 is 0 Å². The molecule has 2 heteroatoms. The zero-order valence-corrected chi connectivity index (χ0v) is 7.46. The molecule has 0 aromatic carbocycles. The molecule has 64 valence electrons. The lowest BCUT2D eigenvalue weighted by Gasteiger charge is -2.09. The van der Waals surface area contributed by atoms with Gasteiger partial charge in [-0.2, -0.15) is 0 Å². The third-order valence-electron chi connectivity index (χ3n) is 1.74. The molecule has 1 heterocycles. The maximum Gasteiger partial charge on any atom is 0.180 e. The van der Waals surface area contributed by atoms with E-state index >= 15 is 0 Å². The molecule has 0 N–H and O–H groups in total. The van der Waals surface area contributed by atoms with E-state index in [0.29, 0.717) is 0 Å². The Bertz CT molecular complexity index is 152. The molecule has 0 amide bonds. The molecule has 1 rings (SSSR count). The second-order valence-corrected chi connectivity index (χ2v) is 2.97. The lowest BCUT2D eigenvalue weighted by molar-refractivity contribution is -0.0252. The van der Waals surface area contributed by atoms with Crippen LogP contribution in [0.1, 0.15) is 27.2 Å². The van der Waals surface area contributed by atoms with Gasteiger partial charge in [-0.3, -0.25) is 0 Å². The molecule has 0 bridgehead atoms. The van der Waals surface area contributed by atoms with Crippen molar-refractivity contribution in [2.75, 3.05) is 6.61 Å².